The molecule has 2 aliphatic rings. The van der Waals surface area contributed by atoms with E-state index in [2.05, 4.69) is 29.1 Å². The predicted octanol–water partition coefficient (Wildman–Crippen LogP) is 4.18. The highest BCUT2D eigenvalue weighted by molar-refractivity contribution is 6.30. The summed E-state index contributed by atoms with van der Waals surface area (Å²) in [5.74, 6) is 3.08. The van der Waals surface area contributed by atoms with Gasteiger partial charge >= 0.3 is 0 Å². The van der Waals surface area contributed by atoms with Gasteiger partial charge in [-0.25, -0.2) is 0 Å². The molecule has 2 heterocycles. The van der Waals surface area contributed by atoms with Crippen LogP contribution in [-0.4, -0.2) is 29.6 Å². The molecule has 1 unspecified atom stereocenters. The van der Waals surface area contributed by atoms with Gasteiger partial charge in [0.1, 0.15) is 0 Å². The van der Waals surface area contributed by atoms with Gasteiger partial charge in [0.2, 0.25) is 5.91 Å². The van der Waals surface area contributed by atoms with E-state index in [1.54, 1.807) is 0 Å². The van der Waals surface area contributed by atoms with Gasteiger partial charge < -0.3 is 4.90 Å². The number of carbonyl (C=O) groups is 1. The first-order valence-electron chi connectivity index (χ1n) is 8.47. The fraction of sp³-hybridized carbons (Fsp3) is 0.526. The Morgan fingerprint density at radius 2 is 2.25 bits per heavy atom. The number of fused-ring (bicyclic) bond motifs is 1. The first-order valence-corrected chi connectivity index (χ1v) is 8.84. The average Bonchev–Trinajstić information content (AvgIpc) is 3.36. The van der Waals surface area contributed by atoms with Crippen LogP contribution in [0.3, 0.4) is 0 Å². The van der Waals surface area contributed by atoms with E-state index in [0.717, 1.165) is 31.0 Å². The number of benzene rings is 1. The Kier molecular flexibility index (Phi) is 4.91. The first kappa shape index (κ1) is 17.0. The molecule has 1 aromatic rings. The van der Waals surface area contributed by atoms with Crippen molar-refractivity contribution >= 4 is 17.5 Å². The molecule has 0 bridgehead atoms. The quantitative estimate of drug-likeness (QED) is 0.739. The fourth-order valence-electron chi connectivity index (χ4n) is 3.39. The number of hydrogen-bond acceptors (Lipinski definition) is 3. The van der Waals surface area contributed by atoms with Crippen LogP contribution in [-0.2, 0) is 11.2 Å². The molecule has 0 fully saturated rings. The van der Waals surface area contributed by atoms with E-state index in [-0.39, 0.29) is 17.5 Å². The Bertz CT molecular complexity index is 701. The zero-order valence-corrected chi connectivity index (χ0v) is 14.7. The Morgan fingerprint density at radius 1 is 1.46 bits per heavy atom. The number of terminal acetylenes is 1. The van der Waals surface area contributed by atoms with Crippen molar-refractivity contribution in [3.8, 4) is 12.3 Å². The highest BCUT2D eigenvalue weighted by atomic mass is 35.5. The topological polar surface area (TPSA) is 45.0 Å². The monoisotopic (exact) mass is 343 g/mol. The lowest BCUT2D eigenvalue weighted by Gasteiger charge is -2.23. The standard InChI is InChI=1S/C19H22ClN3O/c1-3-4-9-19(21-22-19)10-7-18(24)23-11-8-15-5-6-16(20)12-17(15)14(2)13-23/h1,5-6,12,14H,4,7-11,13H2,2H3. The van der Waals surface area contributed by atoms with Gasteiger partial charge in [-0.2, -0.15) is 10.2 Å². The molecule has 1 atom stereocenters. The molecule has 2 aliphatic heterocycles. The van der Waals surface area contributed by atoms with Crippen molar-refractivity contribution in [2.75, 3.05) is 13.1 Å². The second kappa shape index (κ2) is 6.94. The van der Waals surface area contributed by atoms with Gasteiger partial charge in [0, 0.05) is 43.8 Å². The largest absolute Gasteiger partial charge is 0.342 e. The lowest BCUT2D eigenvalue weighted by molar-refractivity contribution is -0.131. The highest BCUT2D eigenvalue weighted by Crippen LogP contribution is 2.38. The Morgan fingerprint density at radius 3 is 2.96 bits per heavy atom. The molecule has 1 aromatic carbocycles. The van der Waals surface area contributed by atoms with Gasteiger partial charge in [-0.15, -0.1) is 12.3 Å². The number of rotatable bonds is 5. The lowest BCUT2D eigenvalue weighted by atomic mass is 9.95. The van der Waals surface area contributed by atoms with Crippen LogP contribution in [0.1, 0.15) is 49.7 Å². The molecule has 0 spiro atoms. The molecule has 126 valence electrons. The number of carbonyl (C=O) groups excluding carboxylic acids is 1. The van der Waals surface area contributed by atoms with E-state index in [9.17, 15) is 4.79 Å². The van der Waals surface area contributed by atoms with Crippen molar-refractivity contribution in [1.29, 1.82) is 0 Å². The number of hydrogen-bond donors (Lipinski definition) is 0. The minimum atomic E-state index is -0.379. The maximum atomic E-state index is 12.6. The van der Waals surface area contributed by atoms with Crippen molar-refractivity contribution in [3.63, 3.8) is 0 Å². The second-order valence-electron chi connectivity index (χ2n) is 6.72. The third-order valence-electron chi connectivity index (χ3n) is 4.93. The molecule has 3 rings (SSSR count). The molecule has 0 aromatic heterocycles. The van der Waals surface area contributed by atoms with Gasteiger partial charge in [0.15, 0.2) is 5.66 Å². The molecular formula is C19H22ClN3O. The van der Waals surface area contributed by atoms with Crippen molar-refractivity contribution in [2.24, 2.45) is 10.2 Å². The zero-order chi connectivity index (χ0) is 17.2. The summed E-state index contributed by atoms with van der Waals surface area (Å²) in [7, 11) is 0. The lowest BCUT2D eigenvalue weighted by Crippen LogP contribution is -2.34. The normalized spacial score (nSPS) is 20.9. The van der Waals surface area contributed by atoms with Gasteiger partial charge in [-0.05, 0) is 35.6 Å². The summed E-state index contributed by atoms with van der Waals surface area (Å²) in [5, 5.41) is 8.97. The summed E-state index contributed by atoms with van der Waals surface area (Å²) in [6.07, 6.45) is 8.71. The number of amides is 1. The summed E-state index contributed by atoms with van der Waals surface area (Å²) in [4.78, 5) is 14.6. The highest BCUT2D eigenvalue weighted by Gasteiger charge is 2.39. The van der Waals surface area contributed by atoms with Crippen LogP contribution in [0, 0.1) is 12.3 Å². The fourth-order valence-corrected chi connectivity index (χ4v) is 3.57. The van der Waals surface area contributed by atoms with Crippen molar-refractivity contribution < 1.29 is 4.79 Å². The number of nitrogens with zero attached hydrogens (tertiary/aromatic N) is 3. The third-order valence-corrected chi connectivity index (χ3v) is 5.16. The molecule has 0 radical (unpaired) electrons. The molecule has 24 heavy (non-hydrogen) atoms. The molecule has 0 N–H and O–H groups in total. The maximum absolute atomic E-state index is 12.6. The Balaban J connectivity index is 1.58. The molecule has 0 aliphatic carbocycles. The zero-order valence-electron chi connectivity index (χ0n) is 14.0. The van der Waals surface area contributed by atoms with E-state index in [1.807, 2.05) is 17.0 Å². The molecule has 0 saturated carbocycles. The van der Waals surface area contributed by atoms with Crippen molar-refractivity contribution in [3.05, 3.63) is 34.3 Å². The van der Waals surface area contributed by atoms with E-state index < -0.39 is 0 Å². The van der Waals surface area contributed by atoms with Gasteiger partial charge in [0.05, 0.1) is 0 Å². The van der Waals surface area contributed by atoms with Crippen molar-refractivity contribution in [2.45, 2.75) is 50.6 Å². The summed E-state index contributed by atoms with van der Waals surface area (Å²) in [6.45, 7) is 3.64. The maximum Gasteiger partial charge on any atom is 0.222 e. The third kappa shape index (κ3) is 3.79. The van der Waals surface area contributed by atoms with Crippen LogP contribution in [0.5, 0.6) is 0 Å². The van der Waals surface area contributed by atoms with Gasteiger partial charge in [-0.1, -0.05) is 24.6 Å². The second-order valence-corrected chi connectivity index (χ2v) is 7.16. The Hall–Kier alpha value is -1.86. The molecule has 5 heteroatoms. The van der Waals surface area contributed by atoms with Crippen molar-refractivity contribution in [1.82, 2.24) is 4.90 Å². The minimum Gasteiger partial charge on any atom is -0.342 e. The van der Waals surface area contributed by atoms with Crippen LogP contribution in [0.15, 0.2) is 28.4 Å². The van der Waals surface area contributed by atoms with E-state index in [4.69, 9.17) is 18.0 Å². The Labute approximate surface area is 148 Å². The van der Waals surface area contributed by atoms with Crippen LogP contribution in [0.4, 0.5) is 0 Å². The molecular weight excluding hydrogens is 322 g/mol. The average molecular weight is 344 g/mol. The summed E-state index contributed by atoms with van der Waals surface area (Å²) >= 11 is 6.13. The smallest absolute Gasteiger partial charge is 0.222 e. The van der Waals surface area contributed by atoms with Crippen LogP contribution in [0.2, 0.25) is 5.02 Å². The van der Waals surface area contributed by atoms with E-state index in [1.165, 1.54) is 11.1 Å². The predicted molar refractivity (Wildman–Crippen MR) is 95.0 cm³/mol. The van der Waals surface area contributed by atoms with E-state index in [0.29, 0.717) is 19.3 Å². The van der Waals surface area contributed by atoms with E-state index >= 15 is 0 Å². The summed E-state index contributed by atoms with van der Waals surface area (Å²) < 4.78 is 0. The minimum absolute atomic E-state index is 0.179. The molecule has 0 saturated heterocycles. The first-order chi connectivity index (χ1) is 11.5. The number of halogens is 1. The summed E-state index contributed by atoms with van der Waals surface area (Å²) in [5.41, 5.74) is 2.17. The summed E-state index contributed by atoms with van der Waals surface area (Å²) in [6, 6.07) is 6.04. The van der Waals surface area contributed by atoms with Crippen LogP contribution < -0.4 is 0 Å². The van der Waals surface area contributed by atoms with Crippen LogP contribution in [0.25, 0.3) is 0 Å². The SMILES string of the molecule is C#CCCC1(CCC(=O)N2CCc3ccc(Cl)cc3C(C)C2)N=N1. The molecule has 4 nitrogen and oxygen atoms in total. The molecule has 1 amide bonds. The van der Waals surface area contributed by atoms with Crippen LogP contribution >= 0.6 is 11.6 Å². The van der Waals surface area contributed by atoms with Gasteiger partial charge in [-0.3, -0.25) is 4.79 Å². The van der Waals surface area contributed by atoms with Gasteiger partial charge in [0.25, 0.3) is 0 Å².